The molecule has 0 atom stereocenters. The Morgan fingerprint density at radius 3 is 2.33 bits per heavy atom. The van der Waals surface area contributed by atoms with Crippen LogP contribution in [0.1, 0.15) is 39.3 Å². The maximum atomic E-state index is 9.13. The Labute approximate surface area is 109 Å². The quantitative estimate of drug-likeness (QED) is 0.870. The van der Waals surface area contributed by atoms with Crippen LogP contribution in [0.4, 0.5) is 5.82 Å². The highest BCUT2D eigenvalue weighted by atomic mass is 16.3. The summed E-state index contributed by atoms with van der Waals surface area (Å²) in [7, 11) is 0. The zero-order valence-corrected chi connectivity index (χ0v) is 11.6. The standard InChI is InChI=1S/C14H23N3O/c1-14(2,3)12-4-5-13(16-15-12)17-8-6-11(10-18)7-9-17/h4-5,11,18H,6-10H2,1-3H3. The van der Waals surface area contributed by atoms with Gasteiger partial charge in [0.15, 0.2) is 5.82 Å². The molecule has 2 heterocycles. The lowest BCUT2D eigenvalue weighted by molar-refractivity contribution is 0.202. The molecule has 2 rings (SSSR count). The van der Waals surface area contributed by atoms with Gasteiger partial charge in [-0.2, -0.15) is 5.10 Å². The van der Waals surface area contributed by atoms with Crippen LogP contribution < -0.4 is 4.90 Å². The second kappa shape index (κ2) is 5.22. The Morgan fingerprint density at radius 1 is 1.22 bits per heavy atom. The van der Waals surface area contributed by atoms with Crippen molar-refractivity contribution in [2.75, 3.05) is 24.6 Å². The summed E-state index contributed by atoms with van der Waals surface area (Å²) in [6.07, 6.45) is 2.08. The molecule has 0 saturated carbocycles. The van der Waals surface area contributed by atoms with Crippen LogP contribution in [0.25, 0.3) is 0 Å². The number of rotatable bonds is 2. The van der Waals surface area contributed by atoms with E-state index in [1.165, 1.54) is 0 Å². The van der Waals surface area contributed by atoms with Crippen molar-refractivity contribution >= 4 is 5.82 Å². The molecule has 0 unspecified atom stereocenters. The summed E-state index contributed by atoms with van der Waals surface area (Å²) in [5.74, 6) is 1.42. The molecule has 1 aliphatic heterocycles. The average molecular weight is 249 g/mol. The highest BCUT2D eigenvalue weighted by Crippen LogP contribution is 2.23. The predicted octanol–water partition coefficient (Wildman–Crippen LogP) is 1.98. The van der Waals surface area contributed by atoms with Gasteiger partial charge < -0.3 is 10.0 Å². The van der Waals surface area contributed by atoms with Gasteiger partial charge in [0.25, 0.3) is 0 Å². The SMILES string of the molecule is CC(C)(C)c1ccc(N2CCC(CO)CC2)nn1. The van der Waals surface area contributed by atoms with Crippen LogP contribution in [-0.2, 0) is 5.41 Å². The van der Waals surface area contributed by atoms with Crippen molar-refractivity contribution in [1.29, 1.82) is 0 Å². The van der Waals surface area contributed by atoms with Gasteiger partial charge in [0.1, 0.15) is 0 Å². The van der Waals surface area contributed by atoms with Crippen molar-refractivity contribution in [2.24, 2.45) is 5.92 Å². The van der Waals surface area contributed by atoms with E-state index in [-0.39, 0.29) is 5.41 Å². The molecule has 0 bridgehead atoms. The van der Waals surface area contributed by atoms with Crippen LogP contribution in [0.5, 0.6) is 0 Å². The number of aliphatic hydroxyl groups is 1. The van der Waals surface area contributed by atoms with Crippen molar-refractivity contribution < 1.29 is 5.11 Å². The zero-order chi connectivity index (χ0) is 13.2. The molecule has 1 saturated heterocycles. The van der Waals surface area contributed by atoms with E-state index in [9.17, 15) is 0 Å². The first-order valence-electron chi connectivity index (χ1n) is 6.70. The van der Waals surface area contributed by atoms with Crippen molar-refractivity contribution in [1.82, 2.24) is 10.2 Å². The van der Waals surface area contributed by atoms with E-state index < -0.39 is 0 Å². The highest BCUT2D eigenvalue weighted by Gasteiger charge is 2.21. The van der Waals surface area contributed by atoms with Crippen LogP contribution in [0.15, 0.2) is 12.1 Å². The van der Waals surface area contributed by atoms with E-state index in [4.69, 9.17) is 5.11 Å². The molecule has 4 nitrogen and oxygen atoms in total. The molecule has 18 heavy (non-hydrogen) atoms. The summed E-state index contributed by atoms with van der Waals surface area (Å²) in [6, 6.07) is 4.13. The lowest BCUT2D eigenvalue weighted by Crippen LogP contribution is -2.35. The Balaban J connectivity index is 2.02. The van der Waals surface area contributed by atoms with Crippen molar-refractivity contribution in [3.05, 3.63) is 17.8 Å². The van der Waals surface area contributed by atoms with Crippen LogP contribution in [0, 0.1) is 5.92 Å². The lowest BCUT2D eigenvalue weighted by Gasteiger charge is -2.31. The molecule has 1 N–H and O–H groups in total. The Kier molecular flexibility index (Phi) is 3.85. The molecule has 100 valence electrons. The third-order valence-electron chi connectivity index (χ3n) is 3.62. The van der Waals surface area contributed by atoms with Crippen molar-refractivity contribution in [2.45, 2.75) is 39.0 Å². The summed E-state index contributed by atoms with van der Waals surface area (Å²) < 4.78 is 0. The lowest BCUT2D eigenvalue weighted by atomic mass is 9.92. The van der Waals surface area contributed by atoms with Crippen LogP contribution in [-0.4, -0.2) is 35.0 Å². The van der Waals surface area contributed by atoms with Gasteiger partial charge in [-0.25, -0.2) is 0 Å². The Morgan fingerprint density at radius 2 is 1.89 bits per heavy atom. The fraction of sp³-hybridized carbons (Fsp3) is 0.714. The van der Waals surface area contributed by atoms with E-state index in [1.54, 1.807) is 0 Å². The summed E-state index contributed by atoms with van der Waals surface area (Å²) in [6.45, 7) is 8.67. The molecule has 0 aromatic carbocycles. The van der Waals surface area contributed by atoms with Gasteiger partial charge in [-0.1, -0.05) is 20.8 Å². The molecule has 0 radical (unpaired) electrons. The van der Waals surface area contributed by atoms with Gasteiger partial charge in [0.2, 0.25) is 0 Å². The number of aliphatic hydroxyl groups excluding tert-OH is 1. The maximum Gasteiger partial charge on any atom is 0.151 e. The second-order valence-corrected chi connectivity index (χ2v) is 6.14. The third-order valence-corrected chi connectivity index (χ3v) is 3.62. The fourth-order valence-electron chi connectivity index (χ4n) is 2.24. The number of hydrogen-bond acceptors (Lipinski definition) is 4. The van der Waals surface area contributed by atoms with Gasteiger partial charge >= 0.3 is 0 Å². The Bertz CT molecular complexity index is 375. The van der Waals surface area contributed by atoms with E-state index >= 15 is 0 Å². The number of piperidine rings is 1. The molecular weight excluding hydrogens is 226 g/mol. The maximum absolute atomic E-state index is 9.13. The van der Waals surface area contributed by atoms with E-state index in [2.05, 4.69) is 48.0 Å². The molecule has 1 aromatic heterocycles. The van der Waals surface area contributed by atoms with Crippen molar-refractivity contribution in [3.63, 3.8) is 0 Å². The van der Waals surface area contributed by atoms with Crippen LogP contribution in [0.3, 0.4) is 0 Å². The molecule has 1 fully saturated rings. The van der Waals surface area contributed by atoms with Gasteiger partial charge in [0.05, 0.1) is 5.69 Å². The number of anilines is 1. The topological polar surface area (TPSA) is 49.2 Å². The summed E-state index contributed by atoms with van der Waals surface area (Å²) in [5, 5.41) is 17.8. The molecule has 1 aromatic rings. The molecule has 0 spiro atoms. The van der Waals surface area contributed by atoms with E-state index in [0.29, 0.717) is 12.5 Å². The van der Waals surface area contributed by atoms with Crippen molar-refractivity contribution in [3.8, 4) is 0 Å². The zero-order valence-electron chi connectivity index (χ0n) is 11.6. The molecule has 1 aliphatic rings. The minimum Gasteiger partial charge on any atom is -0.396 e. The monoisotopic (exact) mass is 249 g/mol. The first-order chi connectivity index (χ1) is 8.50. The smallest absolute Gasteiger partial charge is 0.151 e. The highest BCUT2D eigenvalue weighted by molar-refractivity contribution is 5.38. The summed E-state index contributed by atoms with van der Waals surface area (Å²) in [5.41, 5.74) is 1.08. The molecular formula is C14H23N3O. The molecule has 0 amide bonds. The van der Waals surface area contributed by atoms with Gasteiger partial charge in [-0.3, -0.25) is 0 Å². The van der Waals surface area contributed by atoms with Crippen LogP contribution >= 0.6 is 0 Å². The van der Waals surface area contributed by atoms with Gasteiger partial charge in [0, 0.05) is 25.1 Å². The first-order valence-corrected chi connectivity index (χ1v) is 6.70. The van der Waals surface area contributed by atoms with E-state index in [1.807, 2.05) is 0 Å². The third kappa shape index (κ3) is 2.99. The molecule has 4 heteroatoms. The summed E-state index contributed by atoms with van der Waals surface area (Å²) >= 11 is 0. The fourth-order valence-corrected chi connectivity index (χ4v) is 2.24. The average Bonchev–Trinajstić information content (AvgIpc) is 2.38. The van der Waals surface area contributed by atoms with E-state index in [0.717, 1.165) is 37.4 Å². The number of aromatic nitrogens is 2. The largest absolute Gasteiger partial charge is 0.396 e. The molecule has 0 aliphatic carbocycles. The number of nitrogens with zero attached hydrogens (tertiary/aromatic N) is 3. The van der Waals surface area contributed by atoms with Gasteiger partial charge in [-0.15, -0.1) is 5.10 Å². The minimum atomic E-state index is 0.0510. The Hall–Kier alpha value is -1.16. The normalized spacial score (nSPS) is 18.1. The first kappa shape index (κ1) is 13.3. The second-order valence-electron chi connectivity index (χ2n) is 6.14. The predicted molar refractivity (Wildman–Crippen MR) is 72.8 cm³/mol. The summed E-state index contributed by atoms with van der Waals surface area (Å²) in [4.78, 5) is 2.26. The number of hydrogen-bond donors (Lipinski definition) is 1. The van der Waals surface area contributed by atoms with Gasteiger partial charge in [-0.05, 0) is 30.9 Å². The van der Waals surface area contributed by atoms with Crippen LogP contribution in [0.2, 0.25) is 0 Å². The minimum absolute atomic E-state index is 0.0510.